The summed E-state index contributed by atoms with van der Waals surface area (Å²) in [5.41, 5.74) is 0.672. The number of hydrogen-bond acceptors (Lipinski definition) is 4. The average Bonchev–Trinajstić information content (AvgIpc) is 2.14. The first-order chi connectivity index (χ1) is 7.09. The largest absolute Gasteiger partial charge is 0.508 e. The molecule has 0 atom stereocenters. The van der Waals surface area contributed by atoms with Crippen molar-refractivity contribution < 1.29 is 20.1 Å². The van der Waals surface area contributed by atoms with E-state index in [0.717, 1.165) is 0 Å². The van der Waals surface area contributed by atoms with Crippen molar-refractivity contribution in [3.8, 4) is 11.5 Å². The number of carbonyl (C=O) groups is 1. The van der Waals surface area contributed by atoms with E-state index in [0.29, 0.717) is 18.5 Å². The molecule has 0 unspecified atom stereocenters. The number of rotatable bonds is 5. The first-order valence-electron chi connectivity index (χ1n) is 4.53. The summed E-state index contributed by atoms with van der Waals surface area (Å²) in [6.07, 6.45) is 0.513. The normalized spacial score (nSPS) is 9.50. The van der Waals surface area contributed by atoms with Crippen molar-refractivity contribution in [3.63, 3.8) is 0 Å². The van der Waals surface area contributed by atoms with Crippen LogP contribution in [0.15, 0.2) is 18.2 Å². The standard InChI is InChI=1S/C10H13NO4.Na/c12-8-2-1-7(9(13)5-8)3-4-11-6-10(14)15;/h1-2,5,11-13H,3-4,6H2,(H,14,15);. The number of hydrogen-bond donors (Lipinski definition) is 4. The summed E-state index contributed by atoms with van der Waals surface area (Å²) in [6.45, 7) is 0.365. The Labute approximate surface area is 115 Å². The van der Waals surface area contributed by atoms with E-state index in [-0.39, 0.29) is 47.6 Å². The summed E-state index contributed by atoms with van der Waals surface area (Å²) >= 11 is 0. The van der Waals surface area contributed by atoms with Crippen LogP contribution in [0.3, 0.4) is 0 Å². The second kappa shape index (κ2) is 7.51. The van der Waals surface area contributed by atoms with Gasteiger partial charge in [-0.15, -0.1) is 0 Å². The van der Waals surface area contributed by atoms with Gasteiger partial charge in [0.25, 0.3) is 0 Å². The van der Waals surface area contributed by atoms with E-state index in [1.54, 1.807) is 6.07 Å². The molecule has 4 N–H and O–H groups in total. The predicted octanol–water partition coefficient (Wildman–Crippen LogP) is -0.0663. The number of carboxylic acid groups (broad SMARTS) is 1. The minimum Gasteiger partial charge on any atom is -0.508 e. The molecule has 0 aromatic heterocycles. The van der Waals surface area contributed by atoms with E-state index in [1.807, 2.05) is 0 Å². The smallest absolute Gasteiger partial charge is 0.317 e. The van der Waals surface area contributed by atoms with Crippen LogP contribution < -0.4 is 5.32 Å². The van der Waals surface area contributed by atoms with Crippen molar-refractivity contribution >= 4 is 35.5 Å². The van der Waals surface area contributed by atoms with Crippen LogP contribution in [0.1, 0.15) is 5.56 Å². The Morgan fingerprint density at radius 3 is 2.56 bits per heavy atom. The maximum absolute atomic E-state index is 10.2. The van der Waals surface area contributed by atoms with Crippen molar-refractivity contribution in [1.82, 2.24) is 5.32 Å². The van der Waals surface area contributed by atoms with Crippen molar-refractivity contribution in [2.24, 2.45) is 0 Å². The summed E-state index contributed by atoms with van der Waals surface area (Å²) in [5.74, 6) is -0.883. The molecule has 0 aliphatic heterocycles. The summed E-state index contributed by atoms with van der Waals surface area (Å²) in [7, 11) is 0. The van der Waals surface area contributed by atoms with E-state index in [2.05, 4.69) is 5.32 Å². The molecule has 0 saturated heterocycles. The number of phenolic OH excluding ortho intramolecular Hbond substituents is 2. The SMILES string of the molecule is O=C(O)CNCCc1ccc(O)cc1O.[Na]. The minimum absolute atomic E-state index is 0. The first-order valence-corrected chi connectivity index (χ1v) is 4.53. The number of carboxylic acids is 1. The van der Waals surface area contributed by atoms with Gasteiger partial charge in [0.05, 0.1) is 6.54 Å². The van der Waals surface area contributed by atoms with Crippen LogP contribution in [0.5, 0.6) is 11.5 Å². The Morgan fingerprint density at radius 2 is 2.00 bits per heavy atom. The van der Waals surface area contributed by atoms with Gasteiger partial charge in [-0.2, -0.15) is 0 Å². The Kier molecular flexibility index (Phi) is 7.16. The second-order valence-corrected chi connectivity index (χ2v) is 3.13. The van der Waals surface area contributed by atoms with Crippen LogP contribution in [-0.4, -0.2) is 63.9 Å². The summed E-state index contributed by atoms with van der Waals surface area (Å²) in [5, 5.41) is 29.5. The molecule has 16 heavy (non-hydrogen) atoms. The molecule has 0 heterocycles. The third-order valence-electron chi connectivity index (χ3n) is 1.92. The molecule has 5 nitrogen and oxygen atoms in total. The van der Waals surface area contributed by atoms with Crippen molar-refractivity contribution in [3.05, 3.63) is 23.8 Å². The maximum Gasteiger partial charge on any atom is 0.317 e. The van der Waals surface area contributed by atoms with E-state index in [1.165, 1.54) is 12.1 Å². The molecule has 0 fully saturated rings. The van der Waals surface area contributed by atoms with Gasteiger partial charge in [-0.05, 0) is 24.6 Å². The van der Waals surface area contributed by atoms with Gasteiger partial charge in [0.15, 0.2) is 0 Å². The van der Waals surface area contributed by atoms with Crippen molar-refractivity contribution in [2.75, 3.05) is 13.1 Å². The Morgan fingerprint density at radius 1 is 1.31 bits per heavy atom. The van der Waals surface area contributed by atoms with Crippen LogP contribution in [0.2, 0.25) is 0 Å². The molecule has 1 rings (SSSR count). The molecule has 0 bridgehead atoms. The molecule has 0 aliphatic rings. The van der Waals surface area contributed by atoms with Crippen LogP contribution in [0.4, 0.5) is 0 Å². The molecule has 1 aromatic rings. The van der Waals surface area contributed by atoms with Crippen molar-refractivity contribution in [2.45, 2.75) is 6.42 Å². The topological polar surface area (TPSA) is 89.8 Å². The number of aliphatic carboxylic acids is 1. The number of aromatic hydroxyl groups is 2. The zero-order valence-corrected chi connectivity index (χ0v) is 11.1. The van der Waals surface area contributed by atoms with E-state index >= 15 is 0 Å². The Balaban J connectivity index is 0.00000225. The predicted molar refractivity (Wildman–Crippen MR) is 59.7 cm³/mol. The van der Waals surface area contributed by atoms with Gasteiger partial charge >= 0.3 is 5.97 Å². The Hall–Kier alpha value is -0.750. The quantitative estimate of drug-likeness (QED) is 0.423. The van der Waals surface area contributed by atoms with E-state index in [9.17, 15) is 9.90 Å². The molecule has 0 amide bonds. The molecule has 1 radical (unpaired) electrons. The van der Waals surface area contributed by atoms with Gasteiger partial charge in [0.1, 0.15) is 11.5 Å². The zero-order chi connectivity index (χ0) is 11.3. The van der Waals surface area contributed by atoms with Gasteiger partial charge in [0, 0.05) is 35.6 Å². The monoisotopic (exact) mass is 234 g/mol. The molecule has 1 aromatic carbocycles. The third-order valence-corrected chi connectivity index (χ3v) is 1.92. The van der Waals surface area contributed by atoms with Crippen LogP contribution in [-0.2, 0) is 11.2 Å². The molecule has 83 valence electrons. The summed E-state index contributed by atoms with van der Waals surface area (Å²) < 4.78 is 0. The van der Waals surface area contributed by atoms with Gasteiger partial charge in [-0.25, -0.2) is 0 Å². The zero-order valence-electron chi connectivity index (χ0n) is 9.10. The fraction of sp³-hybridized carbons (Fsp3) is 0.300. The van der Waals surface area contributed by atoms with Crippen molar-refractivity contribution in [1.29, 1.82) is 0 Å². The molecule has 0 aliphatic carbocycles. The molecule has 0 spiro atoms. The van der Waals surface area contributed by atoms with E-state index in [4.69, 9.17) is 10.2 Å². The fourth-order valence-electron chi connectivity index (χ4n) is 1.18. The van der Waals surface area contributed by atoms with Crippen LogP contribution in [0.25, 0.3) is 0 Å². The third kappa shape index (κ3) is 5.37. The second-order valence-electron chi connectivity index (χ2n) is 3.13. The van der Waals surface area contributed by atoms with Gasteiger partial charge in [-0.1, -0.05) is 6.07 Å². The first kappa shape index (κ1) is 15.2. The maximum atomic E-state index is 10.2. The minimum atomic E-state index is -0.912. The van der Waals surface area contributed by atoms with Crippen LogP contribution in [0, 0.1) is 0 Å². The number of nitrogens with one attached hydrogen (secondary N) is 1. The van der Waals surface area contributed by atoms with E-state index < -0.39 is 5.97 Å². The number of benzene rings is 1. The molecule has 0 saturated carbocycles. The number of phenols is 2. The summed E-state index contributed by atoms with van der Waals surface area (Å²) in [6, 6.07) is 4.34. The Bertz CT molecular complexity index is 357. The van der Waals surface area contributed by atoms with Gasteiger partial charge in [-0.3, -0.25) is 4.79 Å². The van der Waals surface area contributed by atoms with Gasteiger partial charge < -0.3 is 20.6 Å². The van der Waals surface area contributed by atoms with Gasteiger partial charge in [0.2, 0.25) is 0 Å². The average molecular weight is 234 g/mol. The molecular weight excluding hydrogens is 221 g/mol. The molecule has 6 heteroatoms. The summed E-state index contributed by atoms with van der Waals surface area (Å²) in [4.78, 5) is 10.2. The van der Waals surface area contributed by atoms with Crippen LogP contribution >= 0.6 is 0 Å². The molecular formula is C10H13NNaO4. The fourth-order valence-corrected chi connectivity index (χ4v) is 1.18.